The van der Waals surface area contributed by atoms with Crippen LogP contribution in [0, 0.1) is 0 Å². The highest BCUT2D eigenvalue weighted by Gasteiger charge is 2.34. The molecule has 8 nitrogen and oxygen atoms in total. The lowest BCUT2D eigenvalue weighted by Gasteiger charge is -2.20. The maximum atomic E-state index is 12.9. The minimum atomic E-state index is -0.0243. The minimum Gasteiger partial charge on any atom is -0.462 e. The van der Waals surface area contributed by atoms with Crippen LogP contribution >= 0.6 is 0 Å². The molecule has 0 saturated carbocycles. The SMILES string of the molecule is CCCCCCCCC(CCCCCCCC)OC(=O)CCCCCO[C@H]1CN(CCCCO)C[C@H]1OCCCCCC(=O)OC(CCCCCCCC)CCCCCCCC. The van der Waals surface area contributed by atoms with Crippen LogP contribution in [0.3, 0.4) is 0 Å². The summed E-state index contributed by atoms with van der Waals surface area (Å²) >= 11 is 0. The maximum Gasteiger partial charge on any atom is 0.306 e. The van der Waals surface area contributed by atoms with Gasteiger partial charge in [-0.3, -0.25) is 14.5 Å². The molecule has 1 N–H and O–H groups in total. The van der Waals surface area contributed by atoms with E-state index in [2.05, 4.69) is 32.6 Å². The molecule has 1 saturated heterocycles. The molecule has 1 aliphatic rings. The molecule has 0 bridgehead atoms. The summed E-state index contributed by atoms with van der Waals surface area (Å²) in [6, 6.07) is 0. The second-order valence-electron chi connectivity index (χ2n) is 19.1. The Morgan fingerprint density at radius 1 is 0.435 bits per heavy atom. The highest BCUT2D eigenvalue weighted by atomic mass is 16.6. The second kappa shape index (κ2) is 45.0. The largest absolute Gasteiger partial charge is 0.462 e. The van der Waals surface area contributed by atoms with Crippen LogP contribution in [0.25, 0.3) is 0 Å². The van der Waals surface area contributed by atoms with Crippen LogP contribution in [0.1, 0.15) is 272 Å². The minimum absolute atomic E-state index is 0.0243. The third kappa shape index (κ3) is 36.1. The zero-order valence-electron chi connectivity index (χ0n) is 41.8. The first-order valence-corrected chi connectivity index (χ1v) is 27.4. The van der Waals surface area contributed by atoms with Crippen molar-refractivity contribution in [1.82, 2.24) is 4.90 Å². The van der Waals surface area contributed by atoms with Gasteiger partial charge in [0.15, 0.2) is 0 Å². The molecular formula is C54H105NO7. The quantitative estimate of drug-likeness (QED) is 0.0477. The maximum absolute atomic E-state index is 12.9. The summed E-state index contributed by atoms with van der Waals surface area (Å²) in [5.41, 5.74) is 0. The lowest BCUT2D eigenvalue weighted by atomic mass is 10.0. The Morgan fingerprint density at radius 2 is 0.758 bits per heavy atom. The average Bonchev–Trinajstić information content (AvgIpc) is 3.66. The highest BCUT2D eigenvalue weighted by Crippen LogP contribution is 2.22. The summed E-state index contributed by atoms with van der Waals surface area (Å²) in [5.74, 6) is -0.0486. The Bertz CT molecular complexity index is 863. The Kier molecular flexibility index (Phi) is 42.6. The molecule has 0 aromatic heterocycles. The predicted octanol–water partition coefficient (Wildman–Crippen LogP) is 14.8. The number of nitrogens with zero attached hydrogens (tertiary/aromatic N) is 1. The smallest absolute Gasteiger partial charge is 0.306 e. The molecule has 1 rings (SSSR count). The van der Waals surface area contributed by atoms with Crippen LogP contribution in [-0.4, -0.2) is 85.8 Å². The van der Waals surface area contributed by atoms with Gasteiger partial charge in [0.05, 0.1) is 12.2 Å². The van der Waals surface area contributed by atoms with Crippen LogP contribution in [0.15, 0.2) is 0 Å². The molecule has 8 heteroatoms. The van der Waals surface area contributed by atoms with E-state index in [4.69, 9.17) is 18.9 Å². The van der Waals surface area contributed by atoms with Gasteiger partial charge < -0.3 is 24.1 Å². The first-order valence-electron chi connectivity index (χ1n) is 27.4. The van der Waals surface area contributed by atoms with Crippen LogP contribution in [0.2, 0.25) is 0 Å². The lowest BCUT2D eigenvalue weighted by Crippen LogP contribution is -2.30. The van der Waals surface area contributed by atoms with E-state index in [1.165, 1.54) is 128 Å². The van der Waals surface area contributed by atoms with Gasteiger partial charge in [0, 0.05) is 45.8 Å². The number of aliphatic hydroxyl groups is 1. The molecule has 1 fully saturated rings. The summed E-state index contributed by atoms with van der Waals surface area (Å²) in [6.45, 7) is 13.3. The van der Waals surface area contributed by atoms with Crippen molar-refractivity contribution in [3.63, 3.8) is 0 Å². The van der Waals surface area contributed by atoms with Crippen molar-refractivity contribution in [2.45, 2.75) is 296 Å². The summed E-state index contributed by atoms with van der Waals surface area (Å²) < 4.78 is 25.0. The van der Waals surface area contributed by atoms with Crippen molar-refractivity contribution >= 4 is 11.9 Å². The molecule has 0 spiro atoms. The monoisotopic (exact) mass is 880 g/mol. The zero-order valence-corrected chi connectivity index (χ0v) is 41.8. The number of carbonyl (C=O) groups is 2. The van der Waals surface area contributed by atoms with E-state index in [1.807, 2.05) is 0 Å². The fourth-order valence-corrected chi connectivity index (χ4v) is 8.96. The van der Waals surface area contributed by atoms with Gasteiger partial charge in [0.1, 0.15) is 12.2 Å². The molecule has 368 valence electrons. The van der Waals surface area contributed by atoms with E-state index in [9.17, 15) is 14.7 Å². The number of ether oxygens (including phenoxy) is 4. The molecule has 1 aliphatic heterocycles. The molecule has 1 heterocycles. The first kappa shape index (κ1) is 58.8. The molecular weight excluding hydrogens is 775 g/mol. The highest BCUT2D eigenvalue weighted by molar-refractivity contribution is 5.69. The fraction of sp³-hybridized carbons (Fsp3) is 0.963. The third-order valence-corrected chi connectivity index (χ3v) is 13.0. The van der Waals surface area contributed by atoms with Crippen LogP contribution < -0.4 is 0 Å². The Balaban J connectivity index is 2.43. The van der Waals surface area contributed by atoms with E-state index < -0.39 is 0 Å². The first-order chi connectivity index (χ1) is 30.5. The van der Waals surface area contributed by atoms with Crippen LogP contribution in [-0.2, 0) is 28.5 Å². The second-order valence-corrected chi connectivity index (χ2v) is 19.1. The molecule has 0 aromatic carbocycles. The number of unbranched alkanes of at least 4 members (excludes halogenated alkanes) is 25. The molecule has 0 aliphatic carbocycles. The number of rotatable bonds is 48. The molecule has 2 atom stereocenters. The summed E-state index contributed by atoms with van der Waals surface area (Å²) in [7, 11) is 0. The third-order valence-electron chi connectivity index (χ3n) is 13.0. The van der Waals surface area contributed by atoms with Crippen LogP contribution in [0.4, 0.5) is 0 Å². The van der Waals surface area contributed by atoms with Gasteiger partial charge in [-0.05, 0) is 96.4 Å². The zero-order chi connectivity index (χ0) is 45.0. The van der Waals surface area contributed by atoms with E-state index in [0.717, 1.165) is 122 Å². The average molecular weight is 880 g/mol. The number of hydrogen-bond acceptors (Lipinski definition) is 8. The van der Waals surface area contributed by atoms with Gasteiger partial charge in [-0.2, -0.15) is 0 Å². The van der Waals surface area contributed by atoms with Gasteiger partial charge in [-0.1, -0.05) is 169 Å². The lowest BCUT2D eigenvalue weighted by molar-refractivity contribution is -0.151. The van der Waals surface area contributed by atoms with Crippen molar-refractivity contribution in [1.29, 1.82) is 0 Å². The molecule has 0 aromatic rings. The van der Waals surface area contributed by atoms with Crippen molar-refractivity contribution in [2.75, 3.05) is 39.5 Å². The number of likely N-dealkylation sites (tertiary alicyclic amines) is 1. The van der Waals surface area contributed by atoms with E-state index in [0.29, 0.717) is 26.1 Å². The topological polar surface area (TPSA) is 94.5 Å². The van der Waals surface area contributed by atoms with Gasteiger partial charge in [-0.25, -0.2) is 0 Å². The van der Waals surface area contributed by atoms with Crippen LogP contribution in [0.5, 0.6) is 0 Å². The van der Waals surface area contributed by atoms with Gasteiger partial charge >= 0.3 is 11.9 Å². The predicted molar refractivity (Wildman–Crippen MR) is 261 cm³/mol. The van der Waals surface area contributed by atoms with Crippen molar-refractivity contribution in [3.05, 3.63) is 0 Å². The molecule has 62 heavy (non-hydrogen) atoms. The van der Waals surface area contributed by atoms with Crippen molar-refractivity contribution < 1.29 is 33.6 Å². The van der Waals surface area contributed by atoms with E-state index >= 15 is 0 Å². The van der Waals surface area contributed by atoms with Gasteiger partial charge in [-0.15, -0.1) is 0 Å². The number of esters is 2. The van der Waals surface area contributed by atoms with E-state index in [-0.39, 0.29) is 43.0 Å². The van der Waals surface area contributed by atoms with E-state index in [1.54, 1.807) is 0 Å². The summed E-state index contributed by atoms with van der Waals surface area (Å²) in [6.07, 6.45) is 42.9. The molecule has 0 unspecified atom stereocenters. The van der Waals surface area contributed by atoms with Gasteiger partial charge in [0.2, 0.25) is 0 Å². The Labute approximate surface area is 384 Å². The molecule has 0 amide bonds. The Morgan fingerprint density at radius 3 is 1.10 bits per heavy atom. The number of aliphatic hydroxyl groups excluding tert-OH is 1. The normalized spacial score (nSPS) is 15.7. The molecule has 0 radical (unpaired) electrons. The standard InChI is InChI=1S/C54H105NO7/c1-5-9-13-17-21-27-37-49(38-28-22-18-14-10-6-2)61-53(57)41-31-25-35-45-59-51-47-55(43-33-34-44-56)48-52(51)60-46-36-26-32-42-54(58)62-50(39-29-23-19-15-11-7-3)40-30-24-20-16-12-8-4/h49-52,56H,5-48H2,1-4H3/t51-,52+. The van der Waals surface area contributed by atoms with Crippen molar-refractivity contribution in [3.8, 4) is 0 Å². The number of carbonyl (C=O) groups excluding carboxylic acids is 2. The van der Waals surface area contributed by atoms with Gasteiger partial charge in [0.25, 0.3) is 0 Å². The number of hydrogen-bond donors (Lipinski definition) is 1. The van der Waals surface area contributed by atoms with Crippen molar-refractivity contribution in [2.24, 2.45) is 0 Å². The fourth-order valence-electron chi connectivity index (χ4n) is 8.96. The Hall–Kier alpha value is -1.22. The summed E-state index contributed by atoms with van der Waals surface area (Å²) in [4.78, 5) is 28.2. The summed E-state index contributed by atoms with van der Waals surface area (Å²) in [5, 5.41) is 9.32.